The van der Waals surface area contributed by atoms with Crippen molar-refractivity contribution in [2.75, 3.05) is 38.5 Å². The van der Waals surface area contributed by atoms with Gasteiger partial charge >= 0.3 is 0 Å². The van der Waals surface area contributed by atoms with Crippen LogP contribution in [0.3, 0.4) is 0 Å². The molecule has 1 aromatic carbocycles. The van der Waals surface area contributed by atoms with E-state index in [1.54, 1.807) is 35.6 Å². The van der Waals surface area contributed by atoms with Crippen molar-refractivity contribution in [2.24, 2.45) is 12.2 Å². The Morgan fingerprint density at radius 2 is 1.88 bits per heavy atom. The third-order valence-electron chi connectivity index (χ3n) is 5.58. The van der Waals surface area contributed by atoms with E-state index >= 15 is 0 Å². The maximum Gasteiger partial charge on any atom is 0.256 e. The molecule has 3 heterocycles. The second-order valence-corrected chi connectivity index (χ2v) is 7.68. The number of nitrogens with one attached hydrogen (secondary N) is 1. The van der Waals surface area contributed by atoms with Crippen LogP contribution in [0.1, 0.15) is 16.2 Å². The van der Waals surface area contributed by atoms with Crippen molar-refractivity contribution in [3.05, 3.63) is 52.7 Å². The summed E-state index contributed by atoms with van der Waals surface area (Å²) in [4.78, 5) is 40.5. The molecule has 32 heavy (non-hydrogen) atoms. The largest absolute Gasteiger partial charge is 0.336 e. The summed E-state index contributed by atoms with van der Waals surface area (Å²) in [6, 6.07) is 4.64. The number of carbonyl (C=O) groups is 1. The number of piperazine rings is 1. The molecule has 4 rings (SSSR count). The third kappa shape index (κ3) is 4.19. The van der Waals surface area contributed by atoms with Crippen molar-refractivity contribution in [3.63, 3.8) is 0 Å². The lowest BCUT2D eigenvalue weighted by Crippen LogP contribution is -2.47. The lowest BCUT2D eigenvalue weighted by atomic mass is 10.1. The van der Waals surface area contributed by atoms with Gasteiger partial charge in [-0.25, -0.2) is 19.3 Å². The van der Waals surface area contributed by atoms with E-state index in [9.17, 15) is 14.1 Å². The number of halogens is 1. The summed E-state index contributed by atoms with van der Waals surface area (Å²) in [5, 5.41) is 5.98. The Labute approximate surface area is 184 Å². The Kier molecular flexibility index (Phi) is 5.91. The van der Waals surface area contributed by atoms with E-state index in [0.717, 1.165) is 25.1 Å². The van der Waals surface area contributed by atoms with Crippen LogP contribution in [0.2, 0.25) is 0 Å². The van der Waals surface area contributed by atoms with Crippen molar-refractivity contribution in [3.8, 4) is 11.4 Å². The van der Waals surface area contributed by atoms with Crippen molar-refractivity contribution in [2.45, 2.75) is 6.92 Å². The summed E-state index contributed by atoms with van der Waals surface area (Å²) in [7, 11) is 3.77. The average Bonchev–Trinajstić information content (AvgIpc) is 3.13. The van der Waals surface area contributed by atoms with Gasteiger partial charge < -0.3 is 19.7 Å². The fourth-order valence-corrected chi connectivity index (χ4v) is 3.50. The third-order valence-corrected chi connectivity index (χ3v) is 5.58. The molecular formula is C21H23FN8O2. The molecule has 1 fully saturated rings. The van der Waals surface area contributed by atoms with Crippen molar-refractivity contribution >= 4 is 23.2 Å². The number of nitroso groups, excluding NO2 is 1. The second kappa shape index (κ2) is 8.79. The fourth-order valence-electron chi connectivity index (χ4n) is 3.50. The van der Waals surface area contributed by atoms with Crippen LogP contribution in [0.25, 0.3) is 11.4 Å². The lowest BCUT2D eigenvalue weighted by molar-refractivity contribution is 0.0665. The number of aromatic nitrogens is 4. The molecule has 166 valence electrons. The van der Waals surface area contributed by atoms with Crippen LogP contribution in [0, 0.1) is 17.6 Å². The van der Waals surface area contributed by atoms with E-state index in [1.807, 2.05) is 7.05 Å². The molecule has 0 atom stereocenters. The summed E-state index contributed by atoms with van der Waals surface area (Å²) < 4.78 is 16.1. The van der Waals surface area contributed by atoms with Gasteiger partial charge in [-0.3, -0.25) is 4.79 Å². The molecule has 1 aliphatic rings. The molecule has 2 aromatic heterocycles. The molecule has 1 N–H and O–H groups in total. The van der Waals surface area contributed by atoms with E-state index in [2.05, 4.69) is 30.3 Å². The number of benzene rings is 1. The molecule has 0 unspecified atom stereocenters. The zero-order valence-electron chi connectivity index (χ0n) is 18.0. The van der Waals surface area contributed by atoms with Crippen LogP contribution in [-0.4, -0.2) is 68.5 Å². The van der Waals surface area contributed by atoms with Gasteiger partial charge in [0.15, 0.2) is 5.82 Å². The van der Waals surface area contributed by atoms with Gasteiger partial charge in [0.25, 0.3) is 5.91 Å². The number of aryl methyl sites for hydroxylation is 1. The van der Waals surface area contributed by atoms with E-state index in [1.165, 1.54) is 12.3 Å². The maximum atomic E-state index is 14.3. The summed E-state index contributed by atoms with van der Waals surface area (Å²) in [5.41, 5.74) is 1.31. The fraction of sp³-hybridized carbons (Fsp3) is 0.333. The topological polar surface area (TPSA) is 109 Å². The first kappa shape index (κ1) is 21.5. The van der Waals surface area contributed by atoms with Crippen molar-refractivity contribution in [1.29, 1.82) is 0 Å². The highest BCUT2D eigenvalue weighted by atomic mass is 19.1. The van der Waals surface area contributed by atoms with Crippen LogP contribution < -0.4 is 5.32 Å². The zero-order valence-corrected chi connectivity index (χ0v) is 18.0. The molecule has 11 heteroatoms. The zero-order chi connectivity index (χ0) is 22.8. The molecular weight excluding hydrogens is 415 g/mol. The van der Waals surface area contributed by atoms with Crippen LogP contribution >= 0.6 is 0 Å². The quantitative estimate of drug-likeness (QED) is 0.610. The van der Waals surface area contributed by atoms with Gasteiger partial charge in [-0.1, -0.05) is 0 Å². The monoisotopic (exact) mass is 438 g/mol. The van der Waals surface area contributed by atoms with Gasteiger partial charge in [0.2, 0.25) is 5.95 Å². The normalized spacial score (nSPS) is 14.4. The highest BCUT2D eigenvalue weighted by molar-refractivity contribution is 5.99. The molecule has 1 saturated heterocycles. The van der Waals surface area contributed by atoms with Gasteiger partial charge in [-0.15, -0.1) is 4.91 Å². The van der Waals surface area contributed by atoms with Gasteiger partial charge in [0.1, 0.15) is 17.2 Å². The van der Waals surface area contributed by atoms with E-state index < -0.39 is 5.82 Å². The van der Waals surface area contributed by atoms with Gasteiger partial charge in [0, 0.05) is 38.9 Å². The van der Waals surface area contributed by atoms with Crippen LogP contribution in [-0.2, 0) is 7.05 Å². The number of imidazole rings is 1. The smallest absolute Gasteiger partial charge is 0.256 e. The van der Waals surface area contributed by atoms with Gasteiger partial charge in [-0.2, -0.15) is 0 Å². The molecule has 0 aliphatic carbocycles. The summed E-state index contributed by atoms with van der Waals surface area (Å²) in [6.07, 6.45) is 2.61. The lowest BCUT2D eigenvalue weighted by Gasteiger charge is -2.32. The van der Waals surface area contributed by atoms with E-state index in [4.69, 9.17) is 0 Å². The summed E-state index contributed by atoms with van der Waals surface area (Å²) in [6.45, 7) is 4.53. The standard InChI is InChI=1S/C21H23FN8O2/c1-13-23-12-18(29(13)3)19-16(22)11-24-21(26-19)25-14-4-5-15(17(10-14)27-32)20(31)30-8-6-28(2)7-9-30/h4-5,10-12H,6-9H2,1-3H3,(H,24,25,26). The Balaban J connectivity index is 1.58. The number of carbonyl (C=O) groups excluding carboxylic acids is 1. The molecule has 0 radical (unpaired) electrons. The SMILES string of the molecule is Cc1ncc(-c2nc(Nc3ccc(C(=O)N4CCN(C)CC4)c(N=O)c3)ncc2F)n1C. The minimum atomic E-state index is -0.582. The minimum absolute atomic E-state index is 0.0172. The van der Waals surface area contributed by atoms with E-state index in [0.29, 0.717) is 24.5 Å². The highest BCUT2D eigenvalue weighted by Gasteiger charge is 2.23. The van der Waals surface area contributed by atoms with Gasteiger partial charge in [0.05, 0.1) is 23.7 Å². The molecule has 0 spiro atoms. The summed E-state index contributed by atoms with van der Waals surface area (Å²) in [5.74, 6) is 0.0399. The Bertz CT molecular complexity index is 1170. The molecule has 10 nitrogen and oxygen atoms in total. The first-order valence-electron chi connectivity index (χ1n) is 10.1. The van der Waals surface area contributed by atoms with Crippen molar-refractivity contribution < 1.29 is 9.18 Å². The molecule has 1 amide bonds. The Morgan fingerprint density at radius 3 is 2.53 bits per heavy atom. The predicted molar refractivity (Wildman–Crippen MR) is 118 cm³/mol. The molecule has 3 aromatic rings. The van der Waals surface area contributed by atoms with Crippen LogP contribution in [0.5, 0.6) is 0 Å². The van der Waals surface area contributed by atoms with E-state index in [-0.39, 0.29) is 28.8 Å². The molecule has 0 saturated carbocycles. The number of hydrogen-bond acceptors (Lipinski definition) is 8. The number of anilines is 2. The molecule has 1 aliphatic heterocycles. The number of rotatable bonds is 5. The summed E-state index contributed by atoms with van der Waals surface area (Å²) >= 11 is 0. The number of nitrogens with zero attached hydrogens (tertiary/aromatic N) is 7. The van der Waals surface area contributed by atoms with Crippen LogP contribution in [0.4, 0.5) is 21.7 Å². The Hall–Kier alpha value is -3.73. The Morgan fingerprint density at radius 1 is 1.12 bits per heavy atom. The highest BCUT2D eigenvalue weighted by Crippen LogP contribution is 2.28. The average molecular weight is 438 g/mol. The predicted octanol–water partition coefficient (Wildman–Crippen LogP) is 2.85. The number of hydrogen-bond donors (Lipinski definition) is 1. The van der Waals surface area contributed by atoms with Crippen LogP contribution in [0.15, 0.2) is 35.8 Å². The first-order chi connectivity index (χ1) is 15.4. The second-order valence-electron chi connectivity index (χ2n) is 7.68. The number of likely N-dealkylation sites (N-methyl/N-ethyl adjacent to an activating group) is 1. The van der Waals surface area contributed by atoms with Crippen molar-refractivity contribution in [1.82, 2.24) is 29.3 Å². The molecule has 0 bridgehead atoms. The number of amides is 1. The first-order valence-corrected chi connectivity index (χ1v) is 10.1. The minimum Gasteiger partial charge on any atom is -0.336 e. The maximum absolute atomic E-state index is 14.3. The van der Waals surface area contributed by atoms with Gasteiger partial charge in [-0.05, 0) is 37.3 Å².